The van der Waals surface area contributed by atoms with Crippen LogP contribution >= 0.6 is 0 Å². The van der Waals surface area contributed by atoms with Gasteiger partial charge in [-0.3, -0.25) is 14.9 Å². The Hall–Kier alpha value is -3.16. The van der Waals surface area contributed by atoms with Gasteiger partial charge in [0.15, 0.2) is 12.4 Å². The number of carbonyl (C=O) groups excluding carboxylic acids is 3. The standard InChI is InChI=1S/C19H21N3O5/c23-17(21-18(24)15-6-5-11-26-15)13-27-19(25)14-7-8-16(20-12-14)22-9-3-1-2-4-10-22/h5-8,11-12H,1-4,9-10,13H2,(H,21,23,24). The van der Waals surface area contributed by atoms with Crippen LogP contribution in [0.15, 0.2) is 41.1 Å². The zero-order valence-electron chi connectivity index (χ0n) is 14.8. The minimum absolute atomic E-state index is 0.00276. The fourth-order valence-corrected chi connectivity index (χ4v) is 2.84. The van der Waals surface area contributed by atoms with Crippen LogP contribution in [0.25, 0.3) is 0 Å². The van der Waals surface area contributed by atoms with E-state index in [0.717, 1.165) is 31.7 Å². The molecule has 1 aliphatic rings. The van der Waals surface area contributed by atoms with E-state index in [1.165, 1.54) is 37.4 Å². The average molecular weight is 371 g/mol. The first kappa shape index (κ1) is 18.6. The highest BCUT2D eigenvalue weighted by Crippen LogP contribution is 2.17. The van der Waals surface area contributed by atoms with E-state index in [0.29, 0.717) is 0 Å². The van der Waals surface area contributed by atoms with Crippen LogP contribution in [-0.4, -0.2) is 42.5 Å². The van der Waals surface area contributed by atoms with Gasteiger partial charge in [-0.1, -0.05) is 12.8 Å². The van der Waals surface area contributed by atoms with E-state index in [9.17, 15) is 14.4 Å². The SMILES string of the molecule is O=C(COC(=O)c1ccc(N2CCCCCC2)nc1)NC(=O)c1ccco1. The van der Waals surface area contributed by atoms with Gasteiger partial charge in [0.1, 0.15) is 5.82 Å². The zero-order chi connectivity index (χ0) is 19.1. The molecule has 1 saturated heterocycles. The highest BCUT2D eigenvalue weighted by molar-refractivity contribution is 6.04. The van der Waals surface area contributed by atoms with Crippen molar-refractivity contribution in [1.29, 1.82) is 0 Å². The predicted octanol–water partition coefficient (Wildman–Crippen LogP) is 2.17. The van der Waals surface area contributed by atoms with Gasteiger partial charge in [0.05, 0.1) is 11.8 Å². The molecule has 1 aliphatic heterocycles. The lowest BCUT2D eigenvalue weighted by Gasteiger charge is -2.21. The number of anilines is 1. The van der Waals surface area contributed by atoms with Crippen molar-refractivity contribution in [2.24, 2.45) is 0 Å². The number of amides is 2. The molecule has 0 aromatic carbocycles. The van der Waals surface area contributed by atoms with Crippen LogP contribution in [0.5, 0.6) is 0 Å². The van der Waals surface area contributed by atoms with Crippen LogP contribution in [0, 0.1) is 0 Å². The summed E-state index contributed by atoms with van der Waals surface area (Å²) in [7, 11) is 0. The van der Waals surface area contributed by atoms with Crippen LogP contribution in [-0.2, 0) is 9.53 Å². The molecule has 0 atom stereocenters. The number of nitrogens with one attached hydrogen (secondary N) is 1. The smallest absolute Gasteiger partial charge is 0.340 e. The summed E-state index contributed by atoms with van der Waals surface area (Å²) in [6.45, 7) is 1.35. The molecular formula is C19H21N3O5. The number of hydrogen-bond acceptors (Lipinski definition) is 7. The number of imide groups is 1. The van der Waals surface area contributed by atoms with Gasteiger partial charge in [0, 0.05) is 19.3 Å². The second kappa shape index (κ2) is 8.98. The summed E-state index contributed by atoms with van der Waals surface area (Å²) < 4.78 is 9.80. The number of pyridine rings is 1. The van der Waals surface area contributed by atoms with Crippen LogP contribution in [0.2, 0.25) is 0 Å². The summed E-state index contributed by atoms with van der Waals surface area (Å²) >= 11 is 0. The number of esters is 1. The van der Waals surface area contributed by atoms with Gasteiger partial charge < -0.3 is 14.1 Å². The lowest BCUT2D eigenvalue weighted by atomic mass is 10.2. The van der Waals surface area contributed by atoms with Gasteiger partial charge in [-0.05, 0) is 37.1 Å². The highest BCUT2D eigenvalue weighted by Gasteiger charge is 2.16. The molecule has 0 bridgehead atoms. The van der Waals surface area contributed by atoms with E-state index in [4.69, 9.17) is 9.15 Å². The Bertz CT molecular complexity index is 778. The fourth-order valence-electron chi connectivity index (χ4n) is 2.84. The third-order valence-corrected chi connectivity index (χ3v) is 4.25. The maximum Gasteiger partial charge on any atom is 0.340 e. The summed E-state index contributed by atoms with van der Waals surface area (Å²) in [4.78, 5) is 42.0. The Kier molecular flexibility index (Phi) is 6.19. The number of rotatable bonds is 5. The van der Waals surface area contributed by atoms with Crippen LogP contribution in [0.3, 0.4) is 0 Å². The van der Waals surface area contributed by atoms with Crippen molar-refractivity contribution in [2.75, 3.05) is 24.6 Å². The molecule has 0 spiro atoms. The molecule has 142 valence electrons. The van der Waals surface area contributed by atoms with E-state index in [-0.39, 0.29) is 11.3 Å². The van der Waals surface area contributed by atoms with Crippen LogP contribution in [0.4, 0.5) is 5.82 Å². The van der Waals surface area contributed by atoms with Crippen LogP contribution in [0.1, 0.15) is 46.6 Å². The molecule has 27 heavy (non-hydrogen) atoms. The molecule has 0 unspecified atom stereocenters. The van der Waals surface area contributed by atoms with Gasteiger partial charge in [-0.15, -0.1) is 0 Å². The maximum atomic E-state index is 12.0. The van der Waals surface area contributed by atoms with E-state index in [1.54, 1.807) is 12.1 Å². The third-order valence-electron chi connectivity index (χ3n) is 4.25. The minimum atomic E-state index is -0.737. The third kappa shape index (κ3) is 5.16. The molecule has 2 aromatic rings. The molecule has 3 rings (SSSR count). The van der Waals surface area contributed by atoms with E-state index >= 15 is 0 Å². The first-order chi connectivity index (χ1) is 13.1. The Balaban J connectivity index is 1.49. The highest BCUT2D eigenvalue weighted by atomic mass is 16.5. The van der Waals surface area contributed by atoms with E-state index in [2.05, 4.69) is 15.2 Å². The van der Waals surface area contributed by atoms with Crippen molar-refractivity contribution in [1.82, 2.24) is 10.3 Å². The fraction of sp³-hybridized carbons (Fsp3) is 0.368. The topological polar surface area (TPSA) is 102 Å². The Morgan fingerprint density at radius 3 is 2.52 bits per heavy atom. The van der Waals surface area contributed by atoms with Gasteiger partial charge in [-0.25, -0.2) is 9.78 Å². The lowest BCUT2D eigenvalue weighted by molar-refractivity contribution is -0.123. The summed E-state index contributed by atoms with van der Waals surface area (Å²) in [5.41, 5.74) is 0.249. The first-order valence-electron chi connectivity index (χ1n) is 8.89. The van der Waals surface area contributed by atoms with Crippen molar-refractivity contribution >= 4 is 23.6 Å². The number of carbonyl (C=O) groups is 3. The summed E-state index contributed by atoms with van der Waals surface area (Å²) in [5.74, 6) is -1.27. The van der Waals surface area contributed by atoms with Crippen LogP contribution < -0.4 is 10.2 Å². The van der Waals surface area contributed by atoms with Crippen molar-refractivity contribution in [3.63, 3.8) is 0 Å². The lowest BCUT2D eigenvalue weighted by Crippen LogP contribution is -2.34. The Morgan fingerprint density at radius 1 is 1.11 bits per heavy atom. The number of hydrogen-bond donors (Lipinski definition) is 1. The van der Waals surface area contributed by atoms with Gasteiger partial charge >= 0.3 is 5.97 Å². The molecule has 8 heteroatoms. The molecule has 1 N–H and O–H groups in total. The maximum absolute atomic E-state index is 12.0. The van der Waals surface area contributed by atoms with E-state index < -0.39 is 24.4 Å². The minimum Gasteiger partial charge on any atom is -0.459 e. The van der Waals surface area contributed by atoms with Gasteiger partial charge in [0.25, 0.3) is 11.8 Å². The largest absolute Gasteiger partial charge is 0.459 e. The summed E-state index contributed by atoms with van der Waals surface area (Å²) in [6.07, 6.45) is 7.49. The number of nitrogens with zero attached hydrogens (tertiary/aromatic N) is 2. The molecule has 0 aliphatic carbocycles. The molecule has 8 nitrogen and oxygen atoms in total. The second-order valence-electron chi connectivity index (χ2n) is 6.24. The number of furan rings is 1. The molecule has 0 saturated carbocycles. The van der Waals surface area contributed by atoms with Gasteiger partial charge in [0.2, 0.25) is 0 Å². The normalized spacial score (nSPS) is 14.3. The van der Waals surface area contributed by atoms with Crippen molar-refractivity contribution in [2.45, 2.75) is 25.7 Å². The molecule has 3 heterocycles. The number of aromatic nitrogens is 1. The average Bonchev–Trinajstić information content (AvgIpc) is 3.09. The monoisotopic (exact) mass is 371 g/mol. The Morgan fingerprint density at radius 2 is 1.89 bits per heavy atom. The van der Waals surface area contributed by atoms with Crippen molar-refractivity contribution < 1.29 is 23.5 Å². The van der Waals surface area contributed by atoms with Crippen molar-refractivity contribution in [3.8, 4) is 0 Å². The zero-order valence-corrected chi connectivity index (χ0v) is 14.8. The van der Waals surface area contributed by atoms with Gasteiger partial charge in [-0.2, -0.15) is 0 Å². The predicted molar refractivity (Wildman–Crippen MR) is 96.4 cm³/mol. The number of ether oxygens (including phenoxy) is 1. The molecule has 2 amide bonds. The first-order valence-corrected chi connectivity index (χ1v) is 8.89. The summed E-state index contributed by atoms with van der Waals surface area (Å²) in [5, 5.41) is 2.08. The molecular weight excluding hydrogens is 350 g/mol. The second-order valence-corrected chi connectivity index (χ2v) is 6.24. The summed E-state index contributed by atoms with van der Waals surface area (Å²) in [6, 6.07) is 6.36. The Labute approximate surface area is 156 Å². The molecule has 1 fully saturated rings. The van der Waals surface area contributed by atoms with Crippen molar-refractivity contribution in [3.05, 3.63) is 48.0 Å². The molecule has 2 aromatic heterocycles. The molecule has 0 radical (unpaired) electrons. The quantitative estimate of drug-likeness (QED) is 0.804. The van der Waals surface area contributed by atoms with E-state index in [1.807, 2.05) is 0 Å².